The largest absolute Gasteiger partial charge is 0.378 e. The number of aliphatic hydroxyl groups excluding tert-OH is 1. The summed E-state index contributed by atoms with van der Waals surface area (Å²) in [6, 6.07) is 0. The maximum atomic E-state index is 9.67. The molecule has 6 nitrogen and oxygen atoms in total. The van der Waals surface area contributed by atoms with Crippen LogP contribution in [0.4, 0.5) is 0 Å². The second-order valence-electron chi connectivity index (χ2n) is 7.77. The van der Waals surface area contributed by atoms with Crippen LogP contribution in [0.5, 0.6) is 0 Å². The van der Waals surface area contributed by atoms with Gasteiger partial charge in [-0.2, -0.15) is 0 Å². The van der Waals surface area contributed by atoms with E-state index in [0.717, 1.165) is 12.8 Å². The van der Waals surface area contributed by atoms with E-state index in [2.05, 4.69) is 6.92 Å². The standard InChI is InChI=1S/C21H45NO.HNO3/c1-4-5-6-7-8-9-10-11-12-13-14-15-16-17-18-19-20-21(23)22(2)3;2-1(3)4/h21,23H,4-20H2,1-3H3;(H,2,3,4). The van der Waals surface area contributed by atoms with E-state index in [1.54, 1.807) is 0 Å². The Hall–Kier alpha value is -0.880. The molecule has 164 valence electrons. The number of rotatable bonds is 18. The van der Waals surface area contributed by atoms with Crippen molar-refractivity contribution in [2.75, 3.05) is 14.1 Å². The van der Waals surface area contributed by atoms with Gasteiger partial charge in [0.1, 0.15) is 6.23 Å². The second-order valence-corrected chi connectivity index (χ2v) is 7.77. The number of hydrogen-bond donors (Lipinski definition) is 2. The molecule has 1 atom stereocenters. The van der Waals surface area contributed by atoms with Crippen molar-refractivity contribution < 1.29 is 15.4 Å². The lowest BCUT2D eigenvalue weighted by Crippen LogP contribution is -2.27. The van der Waals surface area contributed by atoms with Gasteiger partial charge in [-0.15, -0.1) is 10.1 Å². The molecule has 0 radical (unpaired) electrons. The molecule has 0 amide bonds. The fraction of sp³-hybridized carbons (Fsp3) is 1.00. The first-order valence-corrected chi connectivity index (χ1v) is 11.1. The summed E-state index contributed by atoms with van der Waals surface area (Å²) in [5, 5.41) is 23.3. The fourth-order valence-electron chi connectivity index (χ4n) is 3.13. The van der Waals surface area contributed by atoms with Crippen molar-refractivity contribution in [1.29, 1.82) is 0 Å². The van der Waals surface area contributed by atoms with Gasteiger partial charge in [-0.25, -0.2) is 0 Å². The molecule has 0 aliphatic carbocycles. The van der Waals surface area contributed by atoms with Crippen LogP contribution in [0.3, 0.4) is 0 Å². The predicted molar refractivity (Wildman–Crippen MR) is 113 cm³/mol. The van der Waals surface area contributed by atoms with Crippen molar-refractivity contribution >= 4 is 0 Å². The molecule has 0 saturated heterocycles. The predicted octanol–water partition coefficient (Wildman–Crippen LogP) is 6.17. The molecule has 0 fully saturated rings. The smallest absolute Gasteiger partial charge is 0.291 e. The van der Waals surface area contributed by atoms with E-state index in [9.17, 15) is 5.11 Å². The van der Waals surface area contributed by atoms with Crippen LogP contribution < -0.4 is 0 Å². The zero-order valence-electron chi connectivity index (χ0n) is 18.2. The summed E-state index contributed by atoms with van der Waals surface area (Å²) in [6.07, 6.45) is 23.1. The second kappa shape index (κ2) is 23.2. The Kier molecular flexibility index (Phi) is 24.3. The summed E-state index contributed by atoms with van der Waals surface area (Å²) in [5.74, 6) is 0. The van der Waals surface area contributed by atoms with Crippen LogP contribution >= 0.6 is 0 Å². The maximum Gasteiger partial charge on any atom is 0.291 e. The first-order valence-electron chi connectivity index (χ1n) is 11.1. The Labute approximate surface area is 167 Å². The molecular formula is C21H46N2O4. The van der Waals surface area contributed by atoms with E-state index in [1.165, 1.54) is 96.3 Å². The Bertz CT molecular complexity index is 298. The molecule has 6 heteroatoms. The molecule has 0 aromatic heterocycles. The lowest BCUT2D eigenvalue weighted by atomic mass is 10.0. The van der Waals surface area contributed by atoms with Crippen LogP contribution in [-0.2, 0) is 0 Å². The quantitative estimate of drug-likeness (QED) is 0.126. The summed E-state index contributed by atoms with van der Waals surface area (Å²) >= 11 is 0. The van der Waals surface area contributed by atoms with E-state index in [4.69, 9.17) is 15.3 Å². The molecular weight excluding hydrogens is 344 g/mol. The third kappa shape index (κ3) is 30.1. The number of nitrogens with zero attached hydrogens (tertiary/aromatic N) is 2. The van der Waals surface area contributed by atoms with Crippen LogP contribution in [0, 0.1) is 10.1 Å². The first-order chi connectivity index (χ1) is 12.9. The molecule has 0 spiro atoms. The Morgan fingerprint density at radius 1 is 0.741 bits per heavy atom. The van der Waals surface area contributed by atoms with E-state index >= 15 is 0 Å². The summed E-state index contributed by atoms with van der Waals surface area (Å²) in [6.45, 7) is 2.29. The molecule has 27 heavy (non-hydrogen) atoms. The van der Waals surface area contributed by atoms with Gasteiger partial charge in [0.2, 0.25) is 0 Å². The highest BCUT2D eigenvalue weighted by Gasteiger charge is 2.04. The molecule has 0 rings (SSSR count). The van der Waals surface area contributed by atoms with Gasteiger partial charge in [-0.05, 0) is 26.9 Å². The summed E-state index contributed by atoms with van der Waals surface area (Å²) in [4.78, 5) is 10.3. The van der Waals surface area contributed by atoms with Crippen molar-refractivity contribution in [2.24, 2.45) is 0 Å². The van der Waals surface area contributed by atoms with Gasteiger partial charge in [0.25, 0.3) is 5.09 Å². The molecule has 0 saturated carbocycles. The third-order valence-electron chi connectivity index (χ3n) is 4.91. The third-order valence-corrected chi connectivity index (χ3v) is 4.91. The average Bonchev–Trinajstić information content (AvgIpc) is 2.60. The molecule has 0 aliphatic heterocycles. The summed E-state index contributed by atoms with van der Waals surface area (Å²) < 4.78 is 0. The minimum Gasteiger partial charge on any atom is -0.378 e. The van der Waals surface area contributed by atoms with Crippen LogP contribution in [0.2, 0.25) is 0 Å². The Morgan fingerprint density at radius 2 is 1.00 bits per heavy atom. The molecule has 0 bridgehead atoms. The molecule has 1 unspecified atom stereocenters. The SMILES string of the molecule is CCCCCCCCCCCCCCCCCCC(O)N(C)C.O=[N+]([O-])O. The molecule has 2 N–H and O–H groups in total. The highest BCUT2D eigenvalue weighted by atomic mass is 16.9. The van der Waals surface area contributed by atoms with Gasteiger partial charge in [0.05, 0.1) is 0 Å². The number of hydrogen-bond acceptors (Lipinski definition) is 4. The van der Waals surface area contributed by atoms with Gasteiger partial charge >= 0.3 is 0 Å². The summed E-state index contributed by atoms with van der Waals surface area (Å²) in [7, 11) is 3.88. The summed E-state index contributed by atoms with van der Waals surface area (Å²) in [5.41, 5.74) is 0. The topological polar surface area (TPSA) is 86.8 Å². The zero-order chi connectivity index (χ0) is 20.8. The highest BCUT2D eigenvalue weighted by molar-refractivity contribution is 4.53. The van der Waals surface area contributed by atoms with E-state index < -0.39 is 5.09 Å². The van der Waals surface area contributed by atoms with Crippen LogP contribution in [0.1, 0.15) is 116 Å². The Morgan fingerprint density at radius 3 is 1.26 bits per heavy atom. The highest BCUT2D eigenvalue weighted by Crippen LogP contribution is 2.14. The minimum atomic E-state index is -1.50. The fourth-order valence-corrected chi connectivity index (χ4v) is 3.13. The lowest BCUT2D eigenvalue weighted by Gasteiger charge is -2.17. The van der Waals surface area contributed by atoms with Crippen molar-refractivity contribution in [3.8, 4) is 0 Å². The van der Waals surface area contributed by atoms with Gasteiger partial charge in [-0.1, -0.05) is 103 Å². The van der Waals surface area contributed by atoms with Gasteiger partial charge < -0.3 is 10.3 Å². The molecule has 0 aliphatic rings. The number of unbranched alkanes of at least 4 members (excludes halogenated alkanes) is 15. The van der Waals surface area contributed by atoms with E-state index in [0.29, 0.717) is 0 Å². The monoisotopic (exact) mass is 390 g/mol. The van der Waals surface area contributed by atoms with Gasteiger partial charge in [-0.3, -0.25) is 4.90 Å². The first kappa shape index (κ1) is 28.3. The maximum absolute atomic E-state index is 9.67. The molecule has 0 aromatic carbocycles. The number of aliphatic hydroxyl groups is 1. The van der Waals surface area contributed by atoms with Gasteiger partial charge in [0.15, 0.2) is 0 Å². The zero-order valence-corrected chi connectivity index (χ0v) is 18.2. The van der Waals surface area contributed by atoms with Crippen LogP contribution in [0.25, 0.3) is 0 Å². The van der Waals surface area contributed by atoms with Crippen molar-refractivity contribution in [2.45, 2.75) is 122 Å². The average molecular weight is 391 g/mol. The van der Waals surface area contributed by atoms with Crippen molar-refractivity contribution in [3.05, 3.63) is 10.1 Å². The van der Waals surface area contributed by atoms with Crippen LogP contribution in [-0.4, -0.2) is 40.6 Å². The normalized spacial score (nSPS) is 11.9. The minimum absolute atomic E-state index is 0.248. The molecule has 0 aromatic rings. The Balaban J connectivity index is 0. The lowest BCUT2D eigenvalue weighted by molar-refractivity contribution is -0.742. The van der Waals surface area contributed by atoms with Crippen LogP contribution in [0.15, 0.2) is 0 Å². The van der Waals surface area contributed by atoms with Crippen molar-refractivity contribution in [3.63, 3.8) is 0 Å². The molecule has 0 heterocycles. The van der Waals surface area contributed by atoms with E-state index in [1.807, 2.05) is 19.0 Å². The van der Waals surface area contributed by atoms with Gasteiger partial charge in [0, 0.05) is 0 Å². The van der Waals surface area contributed by atoms with E-state index in [-0.39, 0.29) is 6.23 Å². The van der Waals surface area contributed by atoms with Crippen molar-refractivity contribution in [1.82, 2.24) is 4.90 Å².